The van der Waals surface area contributed by atoms with E-state index < -0.39 is 0 Å². The molecule has 0 aromatic carbocycles. The summed E-state index contributed by atoms with van der Waals surface area (Å²) >= 11 is 0. The van der Waals surface area contributed by atoms with Crippen LogP contribution in [0.5, 0.6) is 0 Å². The number of hydrogen-bond acceptors (Lipinski definition) is 1. The van der Waals surface area contributed by atoms with Crippen molar-refractivity contribution in [1.82, 2.24) is 4.98 Å². The number of aromatic nitrogens is 1. The second-order valence-corrected chi connectivity index (χ2v) is 2.52. The van der Waals surface area contributed by atoms with Crippen molar-refractivity contribution in [2.75, 3.05) is 5.73 Å². The molecule has 0 saturated heterocycles. The molecule has 2 nitrogen and oxygen atoms in total. The van der Waals surface area contributed by atoms with Gasteiger partial charge in [0.2, 0.25) is 0 Å². The summed E-state index contributed by atoms with van der Waals surface area (Å²) in [5.74, 6) is 0. The molecule has 1 aromatic heterocycles. The molecule has 0 aliphatic carbocycles. The van der Waals surface area contributed by atoms with Crippen molar-refractivity contribution in [3.63, 3.8) is 0 Å². The van der Waals surface area contributed by atoms with Crippen LogP contribution in [0.1, 0.15) is 25.5 Å². The third kappa shape index (κ3) is 1.53. The van der Waals surface area contributed by atoms with E-state index in [-0.39, 0.29) is 0 Å². The van der Waals surface area contributed by atoms with Crippen LogP contribution in [-0.2, 0) is 6.42 Å². The molecular weight excluding hydrogens is 124 g/mol. The number of nitrogens with two attached hydrogens (primary N) is 1. The minimum absolute atomic E-state index is 0.897. The Kier molecular flexibility index (Phi) is 2.37. The van der Waals surface area contributed by atoms with Crippen LogP contribution in [0, 0.1) is 0 Å². The average molecular weight is 138 g/mol. The van der Waals surface area contributed by atoms with E-state index in [4.69, 9.17) is 5.73 Å². The summed E-state index contributed by atoms with van der Waals surface area (Å²) in [5.41, 5.74) is 7.73. The lowest BCUT2D eigenvalue weighted by Crippen LogP contribution is -1.91. The molecule has 0 fully saturated rings. The van der Waals surface area contributed by atoms with Crippen molar-refractivity contribution in [2.45, 2.75) is 26.2 Å². The molecule has 1 aromatic rings. The predicted molar refractivity (Wildman–Crippen MR) is 43.8 cm³/mol. The smallest absolute Gasteiger partial charge is 0.0524 e. The lowest BCUT2D eigenvalue weighted by Gasteiger charge is -1.96. The standard InChI is InChI=1S/C8H14N2/c1-2-3-4-8-7(9)5-6-10-8/h5-6,10H,2-4,9H2,1H3. The first kappa shape index (κ1) is 7.19. The minimum Gasteiger partial charge on any atom is -0.397 e. The van der Waals surface area contributed by atoms with Gasteiger partial charge in [-0.2, -0.15) is 0 Å². The molecule has 1 heterocycles. The Morgan fingerprint density at radius 1 is 1.60 bits per heavy atom. The first-order valence-electron chi connectivity index (χ1n) is 3.76. The van der Waals surface area contributed by atoms with Gasteiger partial charge in [0.15, 0.2) is 0 Å². The van der Waals surface area contributed by atoms with Gasteiger partial charge in [-0.1, -0.05) is 13.3 Å². The fourth-order valence-corrected chi connectivity index (χ4v) is 0.986. The lowest BCUT2D eigenvalue weighted by molar-refractivity contribution is 0.782. The zero-order valence-corrected chi connectivity index (χ0v) is 6.35. The summed E-state index contributed by atoms with van der Waals surface area (Å²) in [5, 5.41) is 0. The van der Waals surface area contributed by atoms with Crippen molar-refractivity contribution in [3.8, 4) is 0 Å². The topological polar surface area (TPSA) is 41.8 Å². The zero-order valence-electron chi connectivity index (χ0n) is 6.35. The Bertz CT molecular complexity index is 191. The molecular formula is C8H14N2. The van der Waals surface area contributed by atoms with E-state index in [1.165, 1.54) is 18.5 Å². The van der Waals surface area contributed by atoms with Gasteiger partial charge in [-0.05, 0) is 18.9 Å². The number of hydrogen-bond donors (Lipinski definition) is 2. The van der Waals surface area contributed by atoms with Crippen molar-refractivity contribution in [2.24, 2.45) is 0 Å². The van der Waals surface area contributed by atoms with E-state index in [0.717, 1.165) is 12.1 Å². The molecule has 0 amide bonds. The van der Waals surface area contributed by atoms with Crippen LogP contribution < -0.4 is 5.73 Å². The van der Waals surface area contributed by atoms with Crippen LogP contribution in [0.15, 0.2) is 12.3 Å². The molecule has 0 bridgehead atoms. The molecule has 0 radical (unpaired) electrons. The van der Waals surface area contributed by atoms with Gasteiger partial charge in [-0.3, -0.25) is 0 Å². The number of aryl methyl sites for hydroxylation is 1. The molecule has 3 N–H and O–H groups in total. The maximum absolute atomic E-state index is 5.65. The van der Waals surface area contributed by atoms with Crippen LogP contribution in [-0.4, -0.2) is 4.98 Å². The lowest BCUT2D eigenvalue weighted by atomic mass is 10.2. The van der Waals surface area contributed by atoms with Crippen LogP contribution in [0.4, 0.5) is 5.69 Å². The third-order valence-corrected chi connectivity index (χ3v) is 1.65. The van der Waals surface area contributed by atoms with E-state index in [0.29, 0.717) is 0 Å². The van der Waals surface area contributed by atoms with Gasteiger partial charge in [0.1, 0.15) is 0 Å². The average Bonchev–Trinajstić information content (AvgIpc) is 2.31. The zero-order chi connectivity index (χ0) is 7.40. The third-order valence-electron chi connectivity index (χ3n) is 1.65. The molecule has 0 atom stereocenters. The molecule has 56 valence electrons. The molecule has 0 aliphatic rings. The Morgan fingerprint density at radius 2 is 2.40 bits per heavy atom. The maximum atomic E-state index is 5.65. The summed E-state index contributed by atoms with van der Waals surface area (Å²) in [6, 6.07) is 1.91. The summed E-state index contributed by atoms with van der Waals surface area (Å²) in [6.07, 6.45) is 5.40. The second-order valence-electron chi connectivity index (χ2n) is 2.52. The molecule has 0 spiro atoms. The number of rotatable bonds is 3. The van der Waals surface area contributed by atoms with E-state index in [2.05, 4.69) is 11.9 Å². The highest BCUT2D eigenvalue weighted by molar-refractivity contribution is 5.42. The molecule has 0 unspecified atom stereocenters. The van der Waals surface area contributed by atoms with Gasteiger partial charge in [0.05, 0.1) is 5.69 Å². The van der Waals surface area contributed by atoms with E-state index in [9.17, 15) is 0 Å². The second kappa shape index (κ2) is 3.30. The highest BCUT2D eigenvalue weighted by Crippen LogP contribution is 2.10. The first-order valence-corrected chi connectivity index (χ1v) is 3.76. The monoisotopic (exact) mass is 138 g/mol. The SMILES string of the molecule is CCCCc1[nH]ccc1N. The van der Waals surface area contributed by atoms with Gasteiger partial charge in [0.25, 0.3) is 0 Å². The van der Waals surface area contributed by atoms with Crippen molar-refractivity contribution >= 4 is 5.69 Å². The number of aromatic amines is 1. The molecule has 10 heavy (non-hydrogen) atoms. The summed E-state index contributed by atoms with van der Waals surface area (Å²) in [4.78, 5) is 3.12. The largest absolute Gasteiger partial charge is 0.397 e. The Morgan fingerprint density at radius 3 is 2.90 bits per heavy atom. The number of unbranched alkanes of at least 4 members (excludes halogenated alkanes) is 1. The molecule has 1 rings (SSSR count). The van der Waals surface area contributed by atoms with E-state index in [1.54, 1.807) is 0 Å². The highest BCUT2D eigenvalue weighted by atomic mass is 14.7. The number of nitrogens with one attached hydrogen (secondary N) is 1. The van der Waals surface area contributed by atoms with Crippen molar-refractivity contribution in [1.29, 1.82) is 0 Å². The fraction of sp³-hybridized carbons (Fsp3) is 0.500. The van der Waals surface area contributed by atoms with Gasteiger partial charge in [0, 0.05) is 11.9 Å². The van der Waals surface area contributed by atoms with E-state index >= 15 is 0 Å². The first-order chi connectivity index (χ1) is 4.84. The normalized spacial score (nSPS) is 10.1. The quantitative estimate of drug-likeness (QED) is 0.658. The summed E-state index contributed by atoms with van der Waals surface area (Å²) < 4.78 is 0. The van der Waals surface area contributed by atoms with Crippen molar-refractivity contribution in [3.05, 3.63) is 18.0 Å². The van der Waals surface area contributed by atoms with Gasteiger partial charge in [-0.25, -0.2) is 0 Å². The Labute approximate surface area is 61.4 Å². The number of anilines is 1. The van der Waals surface area contributed by atoms with Gasteiger partial charge < -0.3 is 10.7 Å². The molecule has 0 aliphatic heterocycles. The number of H-pyrrole nitrogens is 1. The summed E-state index contributed by atoms with van der Waals surface area (Å²) in [7, 11) is 0. The number of nitrogen functional groups attached to an aromatic ring is 1. The van der Waals surface area contributed by atoms with E-state index in [1.807, 2.05) is 12.3 Å². The predicted octanol–water partition coefficient (Wildman–Crippen LogP) is 1.94. The fourth-order valence-electron chi connectivity index (χ4n) is 0.986. The van der Waals surface area contributed by atoms with Crippen LogP contribution in [0.25, 0.3) is 0 Å². The van der Waals surface area contributed by atoms with Crippen LogP contribution in [0.2, 0.25) is 0 Å². The minimum atomic E-state index is 0.897. The van der Waals surface area contributed by atoms with Gasteiger partial charge >= 0.3 is 0 Å². The molecule has 2 heteroatoms. The highest BCUT2D eigenvalue weighted by Gasteiger charge is 1.96. The van der Waals surface area contributed by atoms with Crippen LogP contribution in [0.3, 0.4) is 0 Å². The van der Waals surface area contributed by atoms with Gasteiger partial charge in [-0.15, -0.1) is 0 Å². The Balaban J connectivity index is 2.49. The molecule has 0 saturated carbocycles. The van der Waals surface area contributed by atoms with Crippen molar-refractivity contribution < 1.29 is 0 Å². The maximum Gasteiger partial charge on any atom is 0.0524 e. The van der Waals surface area contributed by atoms with Crippen LogP contribution >= 0.6 is 0 Å². The summed E-state index contributed by atoms with van der Waals surface area (Å²) in [6.45, 7) is 2.18. The Hall–Kier alpha value is -0.920.